The van der Waals surface area contributed by atoms with E-state index in [-0.39, 0.29) is 12.2 Å². The van der Waals surface area contributed by atoms with E-state index in [4.69, 9.17) is 24.7 Å². The van der Waals surface area contributed by atoms with Crippen molar-refractivity contribution in [1.29, 1.82) is 0 Å². The number of hydrogen-bond acceptors (Lipinski definition) is 8. The second-order valence-electron chi connectivity index (χ2n) is 5.52. The van der Waals surface area contributed by atoms with Crippen molar-refractivity contribution in [3.8, 4) is 0 Å². The summed E-state index contributed by atoms with van der Waals surface area (Å²) in [6, 6.07) is 0. The van der Waals surface area contributed by atoms with E-state index >= 15 is 0 Å². The van der Waals surface area contributed by atoms with Crippen molar-refractivity contribution < 1.29 is 18.9 Å². The normalized spacial score (nSPS) is 33.8. The summed E-state index contributed by atoms with van der Waals surface area (Å²) in [6.45, 7) is 0.920. The molecule has 2 saturated heterocycles. The van der Waals surface area contributed by atoms with Crippen molar-refractivity contribution in [2.24, 2.45) is 0 Å². The molecule has 4 atom stereocenters. The Morgan fingerprint density at radius 3 is 2.95 bits per heavy atom. The topological polar surface area (TPSA) is 107 Å². The van der Waals surface area contributed by atoms with Gasteiger partial charge in [-0.3, -0.25) is 4.57 Å². The Balaban J connectivity index is 1.76. The first-order chi connectivity index (χ1) is 10.7. The van der Waals surface area contributed by atoms with Crippen LogP contribution in [-0.4, -0.2) is 64.8 Å². The van der Waals surface area contributed by atoms with Gasteiger partial charge in [0, 0.05) is 14.2 Å². The highest BCUT2D eigenvalue weighted by molar-refractivity contribution is 5.81. The van der Waals surface area contributed by atoms with E-state index in [0.29, 0.717) is 30.2 Å². The molecule has 2 unspecified atom stereocenters. The highest BCUT2D eigenvalue weighted by Gasteiger charge is 2.63. The maximum Gasteiger partial charge on any atom is 0.167 e. The molecule has 4 rings (SSSR count). The van der Waals surface area contributed by atoms with Gasteiger partial charge >= 0.3 is 0 Å². The van der Waals surface area contributed by atoms with Gasteiger partial charge < -0.3 is 24.7 Å². The lowest BCUT2D eigenvalue weighted by atomic mass is 9.91. The van der Waals surface area contributed by atoms with Gasteiger partial charge in [-0.2, -0.15) is 0 Å². The molecule has 22 heavy (non-hydrogen) atoms. The number of imidazole rings is 1. The average molecular weight is 307 g/mol. The van der Waals surface area contributed by atoms with Crippen LogP contribution in [0.5, 0.6) is 0 Å². The van der Waals surface area contributed by atoms with Crippen LogP contribution in [0.25, 0.3) is 11.2 Å². The van der Waals surface area contributed by atoms with Crippen LogP contribution in [0.1, 0.15) is 6.23 Å². The highest BCUT2D eigenvalue weighted by atomic mass is 16.7. The number of ether oxygens (including phenoxy) is 4. The summed E-state index contributed by atoms with van der Waals surface area (Å²) < 4.78 is 24.6. The van der Waals surface area contributed by atoms with E-state index in [9.17, 15) is 0 Å². The summed E-state index contributed by atoms with van der Waals surface area (Å²) in [5.41, 5.74) is 6.49. The van der Waals surface area contributed by atoms with Gasteiger partial charge in [-0.05, 0) is 0 Å². The smallest absolute Gasteiger partial charge is 0.167 e. The number of nitrogens with two attached hydrogens (primary N) is 1. The lowest BCUT2D eigenvalue weighted by Gasteiger charge is -2.43. The molecule has 2 N–H and O–H groups in total. The first-order valence-corrected chi connectivity index (χ1v) is 6.94. The zero-order chi connectivity index (χ0) is 15.3. The van der Waals surface area contributed by atoms with Crippen molar-refractivity contribution >= 4 is 17.0 Å². The first kappa shape index (κ1) is 13.8. The Labute approximate surface area is 126 Å². The Kier molecular flexibility index (Phi) is 3.05. The van der Waals surface area contributed by atoms with Gasteiger partial charge in [0.25, 0.3) is 0 Å². The highest BCUT2D eigenvalue weighted by Crippen LogP contribution is 2.47. The third kappa shape index (κ3) is 1.70. The minimum atomic E-state index is -0.491. The van der Waals surface area contributed by atoms with E-state index in [1.807, 2.05) is 0 Å². The molecular formula is C13H17N5O4. The lowest BCUT2D eigenvalue weighted by molar-refractivity contribution is -0.250. The Bertz CT molecular complexity index is 707. The van der Waals surface area contributed by atoms with Crippen LogP contribution in [0.4, 0.5) is 5.82 Å². The predicted molar refractivity (Wildman–Crippen MR) is 75.0 cm³/mol. The Morgan fingerprint density at radius 1 is 1.41 bits per heavy atom. The van der Waals surface area contributed by atoms with Crippen molar-refractivity contribution in [1.82, 2.24) is 19.5 Å². The fourth-order valence-corrected chi connectivity index (χ4v) is 3.23. The fraction of sp³-hybridized carbons (Fsp3) is 0.615. The zero-order valence-corrected chi connectivity index (χ0v) is 12.3. The molecule has 0 bridgehead atoms. The third-order valence-electron chi connectivity index (χ3n) is 4.28. The molecule has 0 aliphatic carbocycles. The summed E-state index contributed by atoms with van der Waals surface area (Å²) >= 11 is 0. The van der Waals surface area contributed by atoms with Gasteiger partial charge in [0.15, 0.2) is 17.7 Å². The van der Waals surface area contributed by atoms with E-state index in [0.717, 1.165) is 0 Å². The van der Waals surface area contributed by atoms with E-state index in [1.165, 1.54) is 6.33 Å². The molecule has 2 aromatic heterocycles. The Morgan fingerprint density at radius 2 is 2.27 bits per heavy atom. The molecular weight excluding hydrogens is 290 g/mol. The molecule has 9 nitrogen and oxygen atoms in total. The molecule has 0 spiro atoms. The SMILES string of the molecule is COC[C@@]12COC1C(OC)[C@H](n1cnc3c(N)ncnc31)O2. The maximum absolute atomic E-state index is 6.23. The van der Waals surface area contributed by atoms with Gasteiger partial charge in [-0.1, -0.05) is 0 Å². The van der Waals surface area contributed by atoms with Crippen LogP contribution in [0.3, 0.4) is 0 Å². The second kappa shape index (κ2) is 4.85. The number of aromatic nitrogens is 4. The minimum Gasteiger partial charge on any atom is -0.382 e. The van der Waals surface area contributed by atoms with Crippen molar-refractivity contribution in [3.63, 3.8) is 0 Å². The fourth-order valence-electron chi connectivity index (χ4n) is 3.23. The zero-order valence-electron chi connectivity index (χ0n) is 12.3. The number of fused-ring (bicyclic) bond motifs is 2. The number of nitrogen functional groups attached to an aromatic ring is 1. The molecule has 9 heteroatoms. The van der Waals surface area contributed by atoms with Crippen LogP contribution in [-0.2, 0) is 18.9 Å². The molecule has 0 aromatic carbocycles. The molecule has 2 aliphatic rings. The third-order valence-corrected chi connectivity index (χ3v) is 4.28. The summed E-state index contributed by atoms with van der Waals surface area (Å²) in [5, 5.41) is 0. The maximum atomic E-state index is 6.23. The van der Waals surface area contributed by atoms with Gasteiger partial charge in [-0.25, -0.2) is 15.0 Å². The predicted octanol–water partition coefficient (Wildman–Crippen LogP) is -0.264. The van der Waals surface area contributed by atoms with Crippen LogP contribution in [0.15, 0.2) is 12.7 Å². The minimum absolute atomic E-state index is 0.181. The summed E-state index contributed by atoms with van der Waals surface area (Å²) in [7, 11) is 3.28. The first-order valence-electron chi connectivity index (χ1n) is 6.94. The standard InChI is InChI=1S/C13H17N5O4/c1-19-3-13-4-21-9(13)8(20-2)12(22-13)18-6-17-7-10(14)15-5-16-11(7)18/h5-6,8-9,12H,3-4H2,1-2H3,(H2,14,15,16)/t8?,9?,12-,13-/m1/s1. The van der Waals surface area contributed by atoms with Crippen molar-refractivity contribution in [3.05, 3.63) is 12.7 Å². The second-order valence-corrected chi connectivity index (χ2v) is 5.52. The molecule has 2 aromatic rings. The molecule has 2 fully saturated rings. The lowest BCUT2D eigenvalue weighted by Crippen LogP contribution is -2.61. The number of hydrogen-bond donors (Lipinski definition) is 1. The average Bonchev–Trinajstić information content (AvgIpc) is 3.01. The van der Waals surface area contributed by atoms with Crippen molar-refractivity contribution in [2.45, 2.75) is 24.0 Å². The quantitative estimate of drug-likeness (QED) is 0.823. The molecule has 4 heterocycles. The number of rotatable bonds is 4. The van der Waals surface area contributed by atoms with Crippen LogP contribution in [0, 0.1) is 0 Å². The monoisotopic (exact) mass is 307 g/mol. The Hall–Kier alpha value is -1.81. The van der Waals surface area contributed by atoms with Gasteiger partial charge in [0.1, 0.15) is 29.7 Å². The summed E-state index contributed by atoms with van der Waals surface area (Å²) in [6.07, 6.45) is 2.17. The summed E-state index contributed by atoms with van der Waals surface area (Å²) in [5.74, 6) is 0.335. The number of nitrogens with zero attached hydrogens (tertiary/aromatic N) is 4. The van der Waals surface area contributed by atoms with Crippen LogP contribution >= 0.6 is 0 Å². The number of anilines is 1. The summed E-state index contributed by atoms with van der Waals surface area (Å²) in [4.78, 5) is 12.5. The van der Waals surface area contributed by atoms with Gasteiger partial charge in [-0.15, -0.1) is 0 Å². The van der Waals surface area contributed by atoms with Gasteiger partial charge in [0.05, 0.1) is 19.5 Å². The van der Waals surface area contributed by atoms with Gasteiger partial charge in [0.2, 0.25) is 0 Å². The molecule has 2 aliphatic heterocycles. The van der Waals surface area contributed by atoms with Crippen LogP contribution < -0.4 is 5.73 Å². The molecule has 0 saturated carbocycles. The van der Waals surface area contributed by atoms with E-state index in [1.54, 1.807) is 25.1 Å². The molecule has 118 valence electrons. The molecule has 0 radical (unpaired) electrons. The van der Waals surface area contributed by atoms with Crippen molar-refractivity contribution in [2.75, 3.05) is 33.2 Å². The van der Waals surface area contributed by atoms with E-state index in [2.05, 4.69) is 15.0 Å². The number of methoxy groups -OCH3 is 2. The van der Waals surface area contributed by atoms with Crippen LogP contribution in [0.2, 0.25) is 0 Å². The largest absolute Gasteiger partial charge is 0.382 e. The van der Waals surface area contributed by atoms with E-state index < -0.39 is 11.8 Å². The molecule has 0 amide bonds.